The number of morpholine rings is 1. The van der Waals surface area contributed by atoms with E-state index in [9.17, 15) is 4.79 Å². The number of hydrogen-bond acceptors (Lipinski definition) is 4. The Hall–Kier alpha value is -2.17. The van der Waals surface area contributed by atoms with Crippen LogP contribution < -0.4 is 10.6 Å². The molecule has 1 saturated heterocycles. The second-order valence-corrected chi connectivity index (χ2v) is 5.41. The van der Waals surface area contributed by atoms with Gasteiger partial charge in [-0.1, -0.05) is 30.3 Å². The number of ketones is 1. The lowest BCUT2D eigenvalue weighted by Crippen LogP contribution is -2.43. The third-order valence-electron chi connectivity index (χ3n) is 3.83. The van der Waals surface area contributed by atoms with Crippen LogP contribution in [0, 0.1) is 6.92 Å². The smallest absolute Gasteiger partial charge is 0.194 e. The van der Waals surface area contributed by atoms with E-state index in [0.29, 0.717) is 18.7 Å². The molecule has 114 valence electrons. The topological polar surface area (TPSA) is 50.4 Å². The monoisotopic (exact) mass is 296 g/mol. The number of benzene rings is 2. The molecule has 1 fully saturated rings. The lowest BCUT2D eigenvalue weighted by atomic mass is 10.0. The predicted molar refractivity (Wildman–Crippen MR) is 87.8 cm³/mol. The SMILES string of the molecule is Cc1ccccc1Nc1ccccc1C(=O)C1CNCCO1. The second kappa shape index (κ2) is 6.73. The average molecular weight is 296 g/mol. The quantitative estimate of drug-likeness (QED) is 0.852. The molecule has 0 saturated carbocycles. The first kappa shape index (κ1) is 14.8. The molecular formula is C18H20N2O2. The molecule has 1 unspecified atom stereocenters. The highest BCUT2D eigenvalue weighted by Crippen LogP contribution is 2.24. The third-order valence-corrected chi connectivity index (χ3v) is 3.83. The molecule has 0 aliphatic carbocycles. The fourth-order valence-electron chi connectivity index (χ4n) is 2.57. The fourth-order valence-corrected chi connectivity index (χ4v) is 2.57. The highest BCUT2D eigenvalue weighted by Gasteiger charge is 2.24. The molecule has 2 aromatic rings. The fraction of sp³-hybridized carbons (Fsp3) is 0.278. The molecule has 4 heteroatoms. The second-order valence-electron chi connectivity index (χ2n) is 5.41. The van der Waals surface area contributed by atoms with E-state index >= 15 is 0 Å². The largest absolute Gasteiger partial charge is 0.367 e. The van der Waals surface area contributed by atoms with Crippen molar-refractivity contribution in [1.29, 1.82) is 0 Å². The van der Waals surface area contributed by atoms with Crippen LogP contribution in [0.5, 0.6) is 0 Å². The van der Waals surface area contributed by atoms with Crippen LogP contribution in [0.25, 0.3) is 0 Å². The molecule has 22 heavy (non-hydrogen) atoms. The van der Waals surface area contributed by atoms with Crippen molar-refractivity contribution in [2.24, 2.45) is 0 Å². The lowest BCUT2D eigenvalue weighted by molar-refractivity contribution is 0.0270. The zero-order valence-electron chi connectivity index (χ0n) is 12.6. The van der Waals surface area contributed by atoms with Crippen molar-refractivity contribution in [2.45, 2.75) is 13.0 Å². The van der Waals surface area contributed by atoms with E-state index in [4.69, 9.17) is 4.74 Å². The van der Waals surface area contributed by atoms with Gasteiger partial charge in [0.25, 0.3) is 0 Å². The molecule has 2 N–H and O–H groups in total. The molecule has 1 aliphatic heterocycles. The first-order chi connectivity index (χ1) is 10.8. The van der Waals surface area contributed by atoms with Crippen LogP contribution in [0.4, 0.5) is 11.4 Å². The molecule has 1 atom stereocenters. The normalized spacial score (nSPS) is 18.0. The van der Waals surface area contributed by atoms with Crippen LogP contribution in [0.15, 0.2) is 48.5 Å². The zero-order chi connectivity index (χ0) is 15.4. The molecule has 1 heterocycles. The Morgan fingerprint density at radius 1 is 1.14 bits per heavy atom. The summed E-state index contributed by atoms with van der Waals surface area (Å²) in [6, 6.07) is 15.6. The van der Waals surface area contributed by atoms with Gasteiger partial charge in [-0.25, -0.2) is 0 Å². The van der Waals surface area contributed by atoms with E-state index in [1.807, 2.05) is 55.5 Å². The van der Waals surface area contributed by atoms with E-state index in [1.54, 1.807) is 0 Å². The van der Waals surface area contributed by atoms with E-state index in [2.05, 4.69) is 10.6 Å². The number of carbonyl (C=O) groups excluding carboxylic acids is 1. The standard InChI is InChI=1S/C18H20N2O2/c1-13-6-2-4-8-15(13)20-16-9-5-3-7-14(16)18(21)17-12-19-10-11-22-17/h2-9,17,19-20H,10-12H2,1H3. The predicted octanol–water partition coefficient (Wildman–Crippen LogP) is 2.91. The van der Waals surface area contributed by atoms with Crippen LogP contribution >= 0.6 is 0 Å². The molecule has 0 amide bonds. The molecule has 0 spiro atoms. The number of nitrogens with one attached hydrogen (secondary N) is 2. The summed E-state index contributed by atoms with van der Waals surface area (Å²) >= 11 is 0. The van der Waals surface area contributed by atoms with Gasteiger partial charge < -0.3 is 15.4 Å². The number of aryl methyl sites for hydroxylation is 1. The minimum atomic E-state index is -0.409. The molecule has 2 aromatic carbocycles. The van der Waals surface area contributed by atoms with Gasteiger partial charge in [0.1, 0.15) is 6.10 Å². The Balaban J connectivity index is 1.86. The minimum Gasteiger partial charge on any atom is -0.367 e. The van der Waals surface area contributed by atoms with Crippen LogP contribution in [0.1, 0.15) is 15.9 Å². The summed E-state index contributed by atoms with van der Waals surface area (Å²) < 4.78 is 5.58. The Kier molecular flexibility index (Phi) is 4.51. The summed E-state index contributed by atoms with van der Waals surface area (Å²) in [5, 5.41) is 6.56. The highest BCUT2D eigenvalue weighted by atomic mass is 16.5. The van der Waals surface area contributed by atoms with Gasteiger partial charge in [-0.2, -0.15) is 0 Å². The number of rotatable bonds is 4. The molecule has 0 aromatic heterocycles. The van der Waals surface area contributed by atoms with Crippen molar-refractivity contribution < 1.29 is 9.53 Å². The van der Waals surface area contributed by atoms with Crippen LogP contribution in [0.3, 0.4) is 0 Å². The van der Waals surface area contributed by atoms with E-state index in [1.165, 1.54) is 0 Å². The number of carbonyl (C=O) groups is 1. The van der Waals surface area contributed by atoms with Crippen LogP contribution in [-0.2, 0) is 4.74 Å². The van der Waals surface area contributed by atoms with Gasteiger partial charge in [-0.15, -0.1) is 0 Å². The minimum absolute atomic E-state index is 0.0175. The number of Topliss-reactive ketones (excluding diaryl/α,β-unsaturated/α-hetero) is 1. The van der Waals surface area contributed by atoms with Crippen molar-refractivity contribution in [3.05, 3.63) is 59.7 Å². The van der Waals surface area contributed by atoms with Crippen LogP contribution in [-0.4, -0.2) is 31.6 Å². The van der Waals surface area contributed by atoms with Crippen molar-refractivity contribution in [1.82, 2.24) is 5.32 Å². The number of anilines is 2. The van der Waals surface area contributed by atoms with E-state index < -0.39 is 6.10 Å². The lowest BCUT2D eigenvalue weighted by Gasteiger charge is -2.23. The first-order valence-corrected chi connectivity index (χ1v) is 7.54. The average Bonchev–Trinajstić information content (AvgIpc) is 2.58. The van der Waals surface area contributed by atoms with E-state index in [-0.39, 0.29) is 5.78 Å². The van der Waals surface area contributed by atoms with Gasteiger partial charge in [0.15, 0.2) is 5.78 Å². The summed E-state index contributed by atoms with van der Waals surface area (Å²) in [5.74, 6) is 0.0175. The Morgan fingerprint density at radius 3 is 2.59 bits per heavy atom. The summed E-state index contributed by atoms with van der Waals surface area (Å²) in [6.45, 7) is 3.98. The van der Waals surface area contributed by atoms with E-state index in [0.717, 1.165) is 23.5 Å². The molecule has 0 radical (unpaired) electrons. The van der Waals surface area contributed by atoms with Crippen molar-refractivity contribution in [3.8, 4) is 0 Å². The van der Waals surface area contributed by atoms with Gasteiger partial charge in [-0.05, 0) is 30.7 Å². The van der Waals surface area contributed by atoms with Crippen molar-refractivity contribution in [3.63, 3.8) is 0 Å². The zero-order valence-corrected chi connectivity index (χ0v) is 12.6. The third kappa shape index (κ3) is 3.18. The number of hydrogen-bond donors (Lipinski definition) is 2. The number of para-hydroxylation sites is 2. The summed E-state index contributed by atoms with van der Waals surface area (Å²) in [4.78, 5) is 12.7. The van der Waals surface area contributed by atoms with Crippen molar-refractivity contribution >= 4 is 17.2 Å². The molecule has 4 nitrogen and oxygen atoms in total. The summed E-state index contributed by atoms with van der Waals surface area (Å²) in [5.41, 5.74) is 3.63. The van der Waals surface area contributed by atoms with Gasteiger partial charge >= 0.3 is 0 Å². The Bertz CT molecular complexity index is 664. The van der Waals surface area contributed by atoms with Crippen molar-refractivity contribution in [2.75, 3.05) is 25.0 Å². The maximum Gasteiger partial charge on any atom is 0.194 e. The molecule has 0 bridgehead atoms. The highest BCUT2D eigenvalue weighted by molar-refractivity contribution is 6.04. The molecular weight excluding hydrogens is 276 g/mol. The molecule has 3 rings (SSSR count). The first-order valence-electron chi connectivity index (χ1n) is 7.54. The summed E-state index contributed by atoms with van der Waals surface area (Å²) in [6.07, 6.45) is -0.409. The summed E-state index contributed by atoms with van der Waals surface area (Å²) in [7, 11) is 0. The Morgan fingerprint density at radius 2 is 1.86 bits per heavy atom. The number of ether oxygens (including phenoxy) is 1. The maximum atomic E-state index is 12.7. The maximum absolute atomic E-state index is 12.7. The van der Waals surface area contributed by atoms with Crippen LogP contribution in [0.2, 0.25) is 0 Å². The Labute approximate surface area is 130 Å². The molecule has 1 aliphatic rings. The van der Waals surface area contributed by atoms with Gasteiger partial charge in [0.2, 0.25) is 0 Å². The van der Waals surface area contributed by atoms with Gasteiger partial charge in [0, 0.05) is 30.0 Å². The van der Waals surface area contributed by atoms with Gasteiger partial charge in [-0.3, -0.25) is 4.79 Å². The van der Waals surface area contributed by atoms with Gasteiger partial charge in [0.05, 0.1) is 6.61 Å².